The molecule has 0 saturated carbocycles. The zero-order valence-electron chi connectivity index (χ0n) is 11.7. The molecule has 0 radical (unpaired) electrons. The Morgan fingerprint density at radius 1 is 1.30 bits per heavy atom. The summed E-state index contributed by atoms with van der Waals surface area (Å²) in [6, 6.07) is 7.29. The van der Waals surface area contributed by atoms with E-state index in [2.05, 4.69) is 0 Å². The lowest BCUT2D eigenvalue weighted by atomic mass is 10.2. The zero-order valence-corrected chi connectivity index (χ0v) is 11.7. The fourth-order valence-electron chi connectivity index (χ4n) is 1.67. The van der Waals surface area contributed by atoms with E-state index in [1.165, 1.54) is 0 Å². The van der Waals surface area contributed by atoms with Crippen LogP contribution in [0.5, 0.6) is 5.75 Å². The normalized spacial score (nSPS) is 10.8. The molecule has 0 aromatic heterocycles. The summed E-state index contributed by atoms with van der Waals surface area (Å²) in [7, 11) is 0. The third-order valence-electron chi connectivity index (χ3n) is 2.76. The molecule has 0 heterocycles. The number of amides is 1. The summed E-state index contributed by atoms with van der Waals surface area (Å²) in [5.41, 5.74) is 5.97. The number of ether oxygens (including phenoxy) is 1. The molecule has 0 atom stereocenters. The summed E-state index contributed by atoms with van der Waals surface area (Å²) in [6.07, 6.45) is 0. The Kier molecular flexibility index (Phi) is 5.99. The average Bonchev–Trinajstić information content (AvgIpc) is 2.36. The van der Waals surface area contributed by atoms with Gasteiger partial charge in [0.2, 0.25) is 0 Å². The van der Waals surface area contributed by atoms with E-state index in [0.717, 1.165) is 5.56 Å². The standard InChI is InChI=1S/C14H20N2O4/c1-10(2)16(8-14(18)19)7-11-3-5-12(6-4-11)20-9-13(15)17/h3-6,10H,7-9H2,1-2H3,(H2,15,17)(H,18,19). The largest absolute Gasteiger partial charge is 0.484 e. The van der Waals surface area contributed by atoms with Crippen LogP contribution in [-0.2, 0) is 16.1 Å². The second kappa shape index (κ2) is 7.49. The topological polar surface area (TPSA) is 92.9 Å². The molecule has 1 aromatic carbocycles. The zero-order chi connectivity index (χ0) is 15.1. The van der Waals surface area contributed by atoms with Crippen LogP contribution in [0.3, 0.4) is 0 Å². The summed E-state index contributed by atoms with van der Waals surface area (Å²) in [4.78, 5) is 23.2. The molecule has 0 fully saturated rings. The molecule has 110 valence electrons. The molecule has 0 bridgehead atoms. The van der Waals surface area contributed by atoms with E-state index in [1.54, 1.807) is 12.1 Å². The van der Waals surface area contributed by atoms with Gasteiger partial charge in [0.05, 0.1) is 6.54 Å². The Morgan fingerprint density at radius 2 is 1.90 bits per heavy atom. The SMILES string of the molecule is CC(C)N(CC(=O)O)Cc1ccc(OCC(N)=O)cc1. The summed E-state index contributed by atoms with van der Waals surface area (Å²) in [5, 5.41) is 8.87. The highest BCUT2D eigenvalue weighted by molar-refractivity contribution is 5.75. The summed E-state index contributed by atoms with van der Waals surface area (Å²) < 4.78 is 5.16. The van der Waals surface area contributed by atoms with Crippen LogP contribution in [0.15, 0.2) is 24.3 Å². The molecule has 1 rings (SSSR count). The molecule has 1 aromatic rings. The quantitative estimate of drug-likeness (QED) is 0.736. The van der Waals surface area contributed by atoms with Crippen LogP contribution >= 0.6 is 0 Å². The van der Waals surface area contributed by atoms with E-state index in [9.17, 15) is 9.59 Å². The number of aliphatic carboxylic acids is 1. The number of benzene rings is 1. The highest BCUT2D eigenvalue weighted by Crippen LogP contribution is 2.14. The van der Waals surface area contributed by atoms with Crippen LogP contribution in [-0.4, -0.2) is 41.1 Å². The average molecular weight is 280 g/mol. The van der Waals surface area contributed by atoms with E-state index in [0.29, 0.717) is 12.3 Å². The van der Waals surface area contributed by atoms with E-state index in [4.69, 9.17) is 15.6 Å². The molecular weight excluding hydrogens is 260 g/mol. The van der Waals surface area contributed by atoms with Gasteiger partial charge in [-0.15, -0.1) is 0 Å². The smallest absolute Gasteiger partial charge is 0.317 e. The first-order valence-corrected chi connectivity index (χ1v) is 6.34. The van der Waals surface area contributed by atoms with Crippen LogP contribution in [0.4, 0.5) is 0 Å². The highest BCUT2D eigenvalue weighted by atomic mass is 16.5. The Bertz CT molecular complexity index is 457. The first kappa shape index (κ1) is 16.0. The number of rotatable bonds is 8. The van der Waals surface area contributed by atoms with E-state index in [-0.39, 0.29) is 19.2 Å². The number of hydrogen-bond acceptors (Lipinski definition) is 4. The van der Waals surface area contributed by atoms with Crippen molar-refractivity contribution in [3.63, 3.8) is 0 Å². The van der Waals surface area contributed by atoms with Crippen molar-refractivity contribution >= 4 is 11.9 Å². The Labute approximate surface area is 118 Å². The maximum atomic E-state index is 10.8. The van der Waals surface area contributed by atoms with Crippen LogP contribution in [0.2, 0.25) is 0 Å². The highest BCUT2D eigenvalue weighted by Gasteiger charge is 2.13. The van der Waals surface area contributed by atoms with Gasteiger partial charge in [0, 0.05) is 12.6 Å². The molecule has 1 amide bonds. The van der Waals surface area contributed by atoms with E-state index in [1.807, 2.05) is 30.9 Å². The maximum absolute atomic E-state index is 10.8. The number of nitrogens with zero attached hydrogens (tertiary/aromatic N) is 1. The molecule has 0 aliphatic carbocycles. The number of carbonyl (C=O) groups excluding carboxylic acids is 1. The predicted octanol–water partition coefficient (Wildman–Crippen LogP) is 0.846. The van der Waals surface area contributed by atoms with Gasteiger partial charge in [-0.25, -0.2) is 0 Å². The van der Waals surface area contributed by atoms with Crippen molar-refractivity contribution in [3.05, 3.63) is 29.8 Å². The third-order valence-corrected chi connectivity index (χ3v) is 2.76. The fraction of sp³-hybridized carbons (Fsp3) is 0.429. The lowest BCUT2D eigenvalue weighted by Crippen LogP contribution is -2.35. The maximum Gasteiger partial charge on any atom is 0.317 e. The van der Waals surface area contributed by atoms with Gasteiger partial charge in [-0.3, -0.25) is 14.5 Å². The van der Waals surface area contributed by atoms with Gasteiger partial charge in [0.15, 0.2) is 6.61 Å². The molecule has 0 unspecified atom stereocenters. The molecule has 6 heteroatoms. The minimum atomic E-state index is -0.847. The number of hydrogen-bond donors (Lipinski definition) is 2. The fourth-order valence-corrected chi connectivity index (χ4v) is 1.67. The number of carboxylic acid groups (broad SMARTS) is 1. The monoisotopic (exact) mass is 280 g/mol. The van der Waals surface area contributed by atoms with E-state index < -0.39 is 11.9 Å². The molecule has 0 spiro atoms. The first-order chi connectivity index (χ1) is 9.38. The minimum absolute atomic E-state index is 0.00239. The van der Waals surface area contributed by atoms with E-state index >= 15 is 0 Å². The summed E-state index contributed by atoms with van der Waals surface area (Å²) in [6.45, 7) is 4.29. The molecular formula is C14H20N2O4. The number of carboxylic acids is 1. The van der Waals surface area contributed by atoms with Gasteiger partial charge in [-0.1, -0.05) is 12.1 Å². The lowest BCUT2D eigenvalue weighted by Gasteiger charge is -2.24. The van der Waals surface area contributed by atoms with Crippen molar-refractivity contribution in [1.82, 2.24) is 4.90 Å². The van der Waals surface area contributed by atoms with Crippen LogP contribution < -0.4 is 10.5 Å². The van der Waals surface area contributed by atoms with Gasteiger partial charge < -0.3 is 15.6 Å². The van der Waals surface area contributed by atoms with Gasteiger partial charge >= 0.3 is 5.97 Å². The minimum Gasteiger partial charge on any atom is -0.484 e. The number of carbonyl (C=O) groups is 2. The molecule has 20 heavy (non-hydrogen) atoms. The predicted molar refractivity (Wildman–Crippen MR) is 74.3 cm³/mol. The van der Waals surface area contributed by atoms with Crippen molar-refractivity contribution in [2.45, 2.75) is 26.4 Å². The molecule has 3 N–H and O–H groups in total. The molecule has 0 aliphatic heterocycles. The molecule has 0 aliphatic rings. The number of nitrogens with two attached hydrogens (primary N) is 1. The van der Waals surface area contributed by atoms with Crippen molar-refractivity contribution in [2.24, 2.45) is 5.73 Å². The molecule has 0 saturated heterocycles. The first-order valence-electron chi connectivity index (χ1n) is 6.34. The van der Waals surface area contributed by atoms with Crippen LogP contribution in [0.25, 0.3) is 0 Å². The summed E-state index contributed by atoms with van der Waals surface area (Å²) in [5.74, 6) is -0.816. The van der Waals surface area contributed by atoms with Crippen molar-refractivity contribution < 1.29 is 19.4 Å². The van der Waals surface area contributed by atoms with Crippen LogP contribution in [0.1, 0.15) is 19.4 Å². The Balaban J connectivity index is 2.62. The molecule has 6 nitrogen and oxygen atoms in total. The van der Waals surface area contributed by atoms with Gasteiger partial charge in [-0.05, 0) is 31.5 Å². The number of primary amides is 1. The van der Waals surface area contributed by atoms with Crippen molar-refractivity contribution in [2.75, 3.05) is 13.2 Å². The van der Waals surface area contributed by atoms with Gasteiger partial charge in [0.25, 0.3) is 5.91 Å². The van der Waals surface area contributed by atoms with Crippen molar-refractivity contribution in [3.8, 4) is 5.75 Å². The Morgan fingerprint density at radius 3 is 2.35 bits per heavy atom. The third kappa shape index (κ3) is 5.71. The summed E-state index contributed by atoms with van der Waals surface area (Å²) >= 11 is 0. The second-order valence-corrected chi connectivity index (χ2v) is 4.79. The van der Waals surface area contributed by atoms with Crippen LogP contribution in [0, 0.1) is 0 Å². The Hall–Kier alpha value is -2.08. The van der Waals surface area contributed by atoms with Gasteiger partial charge in [0.1, 0.15) is 5.75 Å². The second-order valence-electron chi connectivity index (χ2n) is 4.79. The van der Waals surface area contributed by atoms with Crippen molar-refractivity contribution in [1.29, 1.82) is 0 Å². The lowest BCUT2D eigenvalue weighted by molar-refractivity contribution is -0.139. The van der Waals surface area contributed by atoms with Gasteiger partial charge in [-0.2, -0.15) is 0 Å².